The standard InChI is InChI=1S/C24H25N3O2/c1-16(28)21-10-18(15-29-23-7-2-4-17(12-23)8-9-25)11-22(14-21)19-5-3-6-20(13-19)24(26)27/h2-7,10-14H,8-9,15,25H2,1H3,(H3,26,27). The van der Waals surface area contributed by atoms with E-state index in [1.54, 1.807) is 13.0 Å². The maximum Gasteiger partial charge on any atom is 0.159 e. The van der Waals surface area contributed by atoms with Crippen LogP contribution in [0.3, 0.4) is 0 Å². The van der Waals surface area contributed by atoms with Gasteiger partial charge in [0.15, 0.2) is 5.78 Å². The average molecular weight is 387 g/mol. The molecule has 0 fully saturated rings. The summed E-state index contributed by atoms with van der Waals surface area (Å²) >= 11 is 0. The van der Waals surface area contributed by atoms with E-state index < -0.39 is 0 Å². The molecule has 0 heterocycles. The summed E-state index contributed by atoms with van der Waals surface area (Å²) in [6.07, 6.45) is 0.799. The van der Waals surface area contributed by atoms with Crippen LogP contribution < -0.4 is 16.2 Å². The number of hydrogen-bond acceptors (Lipinski definition) is 4. The average Bonchev–Trinajstić information content (AvgIpc) is 2.72. The molecule has 5 heteroatoms. The molecule has 0 bridgehead atoms. The molecule has 0 amide bonds. The number of amidine groups is 1. The summed E-state index contributed by atoms with van der Waals surface area (Å²) in [5.74, 6) is 0.764. The van der Waals surface area contributed by atoms with Gasteiger partial charge in [-0.25, -0.2) is 0 Å². The fourth-order valence-electron chi connectivity index (χ4n) is 3.14. The fraction of sp³-hybridized carbons (Fsp3) is 0.167. The number of benzene rings is 3. The van der Waals surface area contributed by atoms with E-state index in [1.165, 1.54) is 0 Å². The zero-order valence-electron chi connectivity index (χ0n) is 16.4. The van der Waals surface area contributed by atoms with Crippen LogP contribution in [0.4, 0.5) is 0 Å². The van der Waals surface area contributed by atoms with Gasteiger partial charge in [-0.15, -0.1) is 0 Å². The molecule has 0 saturated carbocycles. The number of nitrogens with one attached hydrogen (secondary N) is 1. The topological polar surface area (TPSA) is 102 Å². The minimum atomic E-state index is -0.0132. The van der Waals surface area contributed by atoms with Crippen molar-refractivity contribution in [1.82, 2.24) is 0 Å². The maximum atomic E-state index is 12.0. The number of nitrogens with two attached hydrogens (primary N) is 2. The van der Waals surface area contributed by atoms with Crippen molar-refractivity contribution in [3.8, 4) is 16.9 Å². The first kappa shape index (κ1) is 20.3. The van der Waals surface area contributed by atoms with Crippen LogP contribution in [0, 0.1) is 5.41 Å². The van der Waals surface area contributed by atoms with Gasteiger partial charge >= 0.3 is 0 Å². The van der Waals surface area contributed by atoms with Crippen LogP contribution in [0.25, 0.3) is 11.1 Å². The van der Waals surface area contributed by atoms with Crippen molar-refractivity contribution >= 4 is 11.6 Å². The summed E-state index contributed by atoms with van der Waals surface area (Å²) in [4.78, 5) is 12.0. The minimum absolute atomic E-state index is 0.00971. The highest BCUT2D eigenvalue weighted by molar-refractivity contribution is 5.97. The summed E-state index contributed by atoms with van der Waals surface area (Å²) in [5.41, 5.74) is 16.3. The molecule has 5 nitrogen and oxygen atoms in total. The Balaban J connectivity index is 1.89. The predicted octanol–water partition coefficient (Wildman–Crippen LogP) is 3.92. The highest BCUT2D eigenvalue weighted by Gasteiger charge is 2.09. The van der Waals surface area contributed by atoms with Crippen molar-refractivity contribution in [2.24, 2.45) is 11.5 Å². The van der Waals surface area contributed by atoms with Crippen molar-refractivity contribution in [2.75, 3.05) is 6.54 Å². The van der Waals surface area contributed by atoms with Gasteiger partial charge in [0.2, 0.25) is 0 Å². The number of hydrogen-bond donors (Lipinski definition) is 3. The lowest BCUT2D eigenvalue weighted by molar-refractivity contribution is 0.101. The van der Waals surface area contributed by atoms with Crippen molar-refractivity contribution < 1.29 is 9.53 Å². The lowest BCUT2D eigenvalue weighted by atomic mass is 9.97. The second-order valence-electron chi connectivity index (χ2n) is 6.94. The SMILES string of the molecule is CC(=O)c1cc(COc2cccc(CCN)c2)cc(-c2cccc(C(=N)N)c2)c1. The fourth-order valence-corrected chi connectivity index (χ4v) is 3.14. The van der Waals surface area contributed by atoms with Gasteiger partial charge in [-0.05, 0) is 78.5 Å². The second-order valence-corrected chi connectivity index (χ2v) is 6.94. The van der Waals surface area contributed by atoms with Gasteiger partial charge in [0.05, 0.1) is 0 Å². The number of nitrogen functional groups attached to an aromatic ring is 1. The molecular formula is C24H25N3O2. The molecule has 0 aliphatic carbocycles. The molecule has 0 aliphatic heterocycles. The van der Waals surface area contributed by atoms with Crippen LogP contribution in [0.15, 0.2) is 66.7 Å². The number of Topliss-reactive ketones (excluding diaryl/α,β-unsaturated/α-hetero) is 1. The number of ketones is 1. The largest absolute Gasteiger partial charge is 0.489 e. The number of carbonyl (C=O) groups excluding carboxylic acids is 1. The zero-order chi connectivity index (χ0) is 20.8. The predicted molar refractivity (Wildman–Crippen MR) is 116 cm³/mol. The summed E-state index contributed by atoms with van der Waals surface area (Å²) in [7, 11) is 0. The zero-order valence-corrected chi connectivity index (χ0v) is 16.4. The Labute approximate surface area is 170 Å². The monoisotopic (exact) mass is 387 g/mol. The molecule has 0 unspecified atom stereocenters. The van der Waals surface area contributed by atoms with E-state index in [9.17, 15) is 4.79 Å². The van der Waals surface area contributed by atoms with E-state index >= 15 is 0 Å². The Morgan fingerprint density at radius 3 is 2.41 bits per heavy atom. The first-order chi connectivity index (χ1) is 14.0. The third kappa shape index (κ3) is 5.30. The summed E-state index contributed by atoms with van der Waals surface area (Å²) in [6, 6.07) is 21.0. The summed E-state index contributed by atoms with van der Waals surface area (Å²) in [5, 5.41) is 7.65. The quantitative estimate of drug-likeness (QED) is 0.310. The van der Waals surface area contributed by atoms with Crippen LogP contribution >= 0.6 is 0 Å². The Morgan fingerprint density at radius 1 is 0.931 bits per heavy atom. The van der Waals surface area contributed by atoms with E-state index in [2.05, 4.69) is 0 Å². The van der Waals surface area contributed by atoms with Crippen LogP contribution in [0.2, 0.25) is 0 Å². The molecule has 3 rings (SSSR count). The molecule has 5 N–H and O–H groups in total. The molecule has 148 valence electrons. The van der Waals surface area contributed by atoms with Crippen molar-refractivity contribution in [3.63, 3.8) is 0 Å². The first-order valence-corrected chi connectivity index (χ1v) is 9.48. The van der Waals surface area contributed by atoms with Crippen LogP contribution in [0.1, 0.15) is 34.0 Å². The van der Waals surface area contributed by atoms with E-state index in [-0.39, 0.29) is 11.6 Å². The Kier molecular flexibility index (Phi) is 6.42. The van der Waals surface area contributed by atoms with E-state index in [0.29, 0.717) is 24.3 Å². The van der Waals surface area contributed by atoms with E-state index in [0.717, 1.165) is 34.4 Å². The Bertz CT molecular complexity index is 1040. The molecule has 0 saturated heterocycles. The Hall–Kier alpha value is -3.44. The maximum absolute atomic E-state index is 12.0. The molecule has 3 aromatic rings. The van der Waals surface area contributed by atoms with Crippen molar-refractivity contribution in [2.45, 2.75) is 20.0 Å². The lowest BCUT2D eigenvalue weighted by Gasteiger charge is -2.12. The second kappa shape index (κ2) is 9.17. The first-order valence-electron chi connectivity index (χ1n) is 9.48. The van der Waals surface area contributed by atoms with Gasteiger partial charge < -0.3 is 16.2 Å². The van der Waals surface area contributed by atoms with Gasteiger partial charge in [-0.1, -0.05) is 30.3 Å². The normalized spacial score (nSPS) is 10.6. The molecule has 0 aromatic heterocycles. The minimum Gasteiger partial charge on any atom is -0.489 e. The van der Waals surface area contributed by atoms with Crippen molar-refractivity contribution in [1.29, 1.82) is 5.41 Å². The molecule has 0 aliphatic rings. The van der Waals surface area contributed by atoms with Crippen molar-refractivity contribution in [3.05, 3.63) is 89.0 Å². The van der Waals surface area contributed by atoms with E-state index in [4.69, 9.17) is 21.6 Å². The van der Waals surface area contributed by atoms with Gasteiger partial charge in [-0.2, -0.15) is 0 Å². The molecule has 29 heavy (non-hydrogen) atoms. The summed E-state index contributed by atoms with van der Waals surface area (Å²) in [6.45, 7) is 2.48. The van der Waals surface area contributed by atoms with Gasteiger partial charge in [0.25, 0.3) is 0 Å². The number of rotatable bonds is 8. The number of ether oxygens (including phenoxy) is 1. The highest BCUT2D eigenvalue weighted by Crippen LogP contribution is 2.25. The third-order valence-electron chi connectivity index (χ3n) is 4.64. The summed E-state index contributed by atoms with van der Waals surface area (Å²) < 4.78 is 5.96. The van der Waals surface area contributed by atoms with Gasteiger partial charge in [-0.3, -0.25) is 10.2 Å². The highest BCUT2D eigenvalue weighted by atomic mass is 16.5. The third-order valence-corrected chi connectivity index (χ3v) is 4.64. The molecule has 0 spiro atoms. The molecular weight excluding hydrogens is 362 g/mol. The Morgan fingerprint density at radius 2 is 1.69 bits per heavy atom. The number of carbonyl (C=O) groups is 1. The molecule has 0 atom stereocenters. The van der Waals surface area contributed by atoms with Crippen LogP contribution in [-0.2, 0) is 13.0 Å². The van der Waals surface area contributed by atoms with Crippen LogP contribution in [0.5, 0.6) is 5.75 Å². The van der Waals surface area contributed by atoms with E-state index in [1.807, 2.05) is 60.7 Å². The molecule has 3 aromatic carbocycles. The molecule has 0 radical (unpaired) electrons. The smallest absolute Gasteiger partial charge is 0.159 e. The lowest BCUT2D eigenvalue weighted by Crippen LogP contribution is -2.10. The van der Waals surface area contributed by atoms with Gasteiger partial charge in [0, 0.05) is 11.1 Å². The van der Waals surface area contributed by atoms with Gasteiger partial charge in [0.1, 0.15) is 18.2 Å². The van der Waals surface area contributed by atoms with Crippen LogP contribution in [-0.4, -0.2) is 18.2 Å².